The zero-order valence-corrected chi connectivity index (χ0v) is 13.3. The second kappa shape index (κ2) is 9.00. The summed E-state index contributed by atoms with van der Waals surface area (Å²) in [5.41, 5.74) is 5.91. The van der Waals surface area contributed by atoms with Gasteiger partial charge in [0.15, 0.2) is 0 Å². The Bertz CT molecular complexity index is 343. The zero-order valence-electron chi connectivity index (χ0n) is 13.3. The van der Waals surface area contributed by atoms with Crippen molar-refractivity contribution in [3.8, 4) is 0 Å². The van der Waals surface area contributed by atoms with Gasteiger partial charge in [0.25, 0.3) is 0 Å². The largest absolute Gasteiger partial charge is 0.464 e. The quantitative estimate of drug-likeness (QED) is 0.652. The maximum absolute atomic E-state index is 12.2. The van der Waals surface area contributed by atoms with Crippen LogP contribution in [0.3, 0.4) is 0 Å². The summed E-state index contributed by atoms with van der Waals surface area (Å²) in [5, 5.41) is 2.72. The fraction of sp³-hybridized carbons (Fsp3) is 0.867. The van der Waals surface area contributed by atoms with E-state index in [-0.39, 0.29) is 24.5 Å². The summed E-state index contributed by atoms with van der Waals surface area (Å²) < 4.78 is 10.6. The van der Waals surface area contributed by atoms with Gasteiger partial charge in [-0.3, -0.25) is 4.79 Å². The summed E-state index contributed by atoms with van der Waals surface area (Å²) in [6.07, 6.45) is 3.14. The maximum Gasteiger partial charge on any atom is 0.328 e. The summed E-state index contributed by atoms with van der Waals surface area (Å²) in [6, 6.07) is -1.30. The van der Waals surface area contributed by atoms with Crippen molar-refractivity contribution < 1.29 is 19.1 Å². The number of carbonyl (C=O) groups is 2. The Hall–Kier alpha value is -1.14. The number of amides is 1. The Morgan fingerprint density at radius 2 is 2.14 bits per heavy atom. The summed E-state index contributed by atoms with van der Waals surface area (Å²) in [4.78, 5) is 24.1. The Morgan fingerprint density at radius 3 is 2.67 bits per heavy atom. The number of esters is 1. The van der Waals surface area contributed by atoms with Crippen LogP contribution in [0.1, 0.15) is 46.5 Å². The first kappa shape index (κ1) is 17.9. The minimum Gasteiger partial charge on any atom is -0.464 e. The van der Waals surface area contributed by atoms with Crippen molar-refractivity contribution in [1.29, 1.82) is 0 Å². The number of nitrogens with one attached hydrogen (secondary N) is 1. The lowest BCUT2D eigenvalue weighted by Crippen LogP contribution is -2.51. The molecule has 1 rings (SSSR count). The van der Waals surface area contributed by atoms with Gasteiger partial charge in [0.1, 0.15) is 6.04 Å². The predicted octanol–water partition coefficient (Wildman–Crippen LogP) is 0.977. The Balaban J connectivity index is 2.62. The smallest absolute Gasteiger partial charge is 0.328 e. The highest BCUT2D eigenvalue weighted by Gasteiger charge is 2.30. The number of hydrogen-bond acceptors (Lipinski definition) is 5. The summed E-state index contributed by atoms with van der Waals surface area (Å²) in [7, 11) is 0. The molecule has 0 aromatic rings. The van der Waals surface area contributed by atoms with E-state index in [0.717, 1.165) is 19.3 Å². The van der Waals surface area contributed by atoms with E-state index in [4.69, 9.17) is 15.2 Å². The third-order valence-corrected chi connectivity index (χ3v) is 3.97. The van der Waals surface area contributed by atoms with Crippen LogP contribution in [0, 0.1) is 5.92 Å². The molecule has 0 spiro atoms. The average Bonchev–Trinajstić information content (AvgIpc) is 2.98. The number of rotatable bonds is 8. The van der Waals surface area contributed by atoms with E-state index in [1.54, 1.807) is 6.92 Å². The van der Waals surface area contributed by atoms with Crippen LogP contribution in [0.2, 0.25) is 0 Å². The van der Waals surface area contributed by atoms with Crippen LogP contribution in [-0.2, 0) is 19.1 Å². The molecule has 0 aromatic heterocycles. The lowest BCUT2D eigenvalue weighted by molar-refractivity contribution is -0.148. The molecular formula is C15H28N2O4. The minimum absolute atomic E-state index is 0.000436. The van der Waals surface area contributed by atoms with E-state index in [1.807, 2.05) is 13.8 Å². The molecule has 3 N–H and O–H groups in total. The lowest BCUT2D eigenvalue weighted by Gasteiger charge is -2.24. The topological polar surface area (TPSA) is 90.6 Å². The molecule has 4 atom stereocenters. The normalized spacial score (nSPS) is 22.4. The van der Waals surface area contributed by atoms with Crippen molar-refractivity contribution in [1.82, 2.24) is 5.32 Å². The second-order valence-corrected chi connectivity index (χ2v) is 5.60. The van der Waals surface area contributed by atoms with Gasteiger partial charge in [0.2, 0.25) is 5.91 Å². The molecule has 122 valence electrons. The van der Waals surface area contributed by atoms with Gasteiger partial charge in [-0.05, 0) is 25.7 Å². The molecule has 0 bridgehead atoms. The van der Waals surface area contributed by atoms with Crippen molar-refractivity contribution in [3.63, 3.8) is 0 Å². The van der Waals surface area contributed by atoms with Gasteiger partial charge >= 0.3 is 5.97 Å². The summed E-state index contributed by atoms with van der Waals surface area (Å²) >= 11 is 0. The van der Waals surface area contributed by atoms with E-state index in [9.17, 15) is 9.59 Å². The van der Waals surface area contributed by atoms with E-state index in [2.05, 4.69) is 5.32 Å². The highest BCUT2D eigenvalue weighted by Crippen LogP contribution is 2.18. The standard InChI is InChI=1S/C15H28N2O4/c1-4-10(3)13(16)14(18)17-12(15(19)20-5-2)9-11-7-6-8-21-11/h10-13H,4-9,16H2,1-3H3,(H,17,18)/t10?,11-,12-,13-/m0/s1. The van der Waals surface area contributed by atoms with Crippen molar-refractivity contribution in [2.75, 3.05) is 13.2 Å². The van der Waals surface area contributed by atoms with Crippen molar-refractivity contribution in [2.24, 2.45) is 11.7 Å². The van der Waals surface area contributed by atoms with Gasteiger partial charge < -0.3 is 20.5 Å². The van der Waals surface area contributed by atoms with E-state index in [0.29, 0.717) is 13.0 Å². The van der Waals surface area contributed by atoms with Gasteiger partial charge in [-0.1, -0.05) is 20.3 Å². The first-order valence-corrected chi connectivity index (χ1v) is 7.83. The molecule has 0 aliphatic carbocycles. The van der Waals surface area contributed by atoms with E-state index < -0.39 is 18.1 Å². The van der Waals surface area contributed by atoms with Crippen LogP contribution in [0.5, 0.6) is 0 Å². The number of nitrogens with two attached hydrogens (primary N) is 1. The van der Waals surface area contributed by atoms with E-state index in [1.165, 1.54) is 0 Å². The molecule has 0 aromatic carbocycles. The van der Waals surface area contributed by atoms with Gasteiger partial charge in [-0.15, -0.1) is 0 Å². The fourth-order valence-electron chi connectivity index (χ4n) is 2.33. The molecule has 6 heteroatoms. The number of carbonyl (C=O) groups excluding carboxylic acids is 2. The van der Waals surface area contributed by atoms with Crippen molar-refractivity contribution in [3.05, 3.63) is 0 Å². The predicted molar refractivity (Wildman–Crippen MR) is 79.6 cm³/mol. The Morgan fingerprint density at radius 1 is 1.43 bits per heavy atom. The summed E-state index contributed by atoms with van der Waals surface area (Å²) in [5.74, 6) is -0.659. The zero-order chi connectivity index (χ0) is 15.8. The average molecular weight is 300 g/mol. The molecule has 0 saturated carbocycles. The van der Waals surface area contributed by atoms with Crippen LogP contribution in [-0.4, -0.2) is 43.3 Å². The highest BCUT2D eigenvalue weighted by atomic mass is 16.5. The Labute approximate surface area is 126 Å². The van der Waals surface area contributed by atoms with Crippen LogP contribution in [0.4, 0.5) is 0 Å². The molecule has 1 heterocycles. The maximum atomic E-state index is 12.2. The second-order valence-electron chi connectivity index (χ2n) is 5.60. The van der Waals surface area contributed by atoms with Crippen LogP contribution >= 0.6 is 0 Å². The number of hydrogen-bond donors (Lipinski definition) is 2. The minimum atomic E-state index is -0.685. The fourth-order valence-corrected chi connectivity index (χ4v) is 2.33. The van der Waals surface area contributed by atoms with Gasteiger partial charge in [0.05, 0.1) is 18.8 Å². The molecule has 21 heavy (non-hydrogen) atoms. The third kappa shape index (κ3) is 5.63. The highest BCUT2D eigenvalue weighted by molar-refractivity contribution is 5.87. The van der Waals surface area contributed by atoms with Crippen molar-refractivity contribution in [2.45, 2.75) is 64.6 Å². The van der Waals surface area contributed by atoms with Crippen molar-refractivity contribution >= 4 is 11.9 Å². The molecule has 6 nitrogen and oxygen atoms in total. The first-order chi connectivity index (χ1) is 9.99. The van der Waals surface area contributed by atoms with Gasteiger partial charge in [-0.2, -0.15) is 0 Å². The molecule has 1 aliphatic rings. The van der Waals surface area contributed by atoms with Gasteiger partial charge in [-0.25, -0.2) is 4.79 Å². The molecule has 1 unspecified atom stereocenters. The van der Waals surface area contributed by atoms with Crippen LogP contribution in [0.15, 0.2) is 0 Å². The molecule has 1 saturated heterocycles. The molecule has 1 aliphatic heterocycles. The Kier molecular flexibility index (Phi) is 7.67. The van der Waals surface area contributed by atoms with E-state index >= 15 is 0 Å². The third-order valence-electron chi connectivity index (χ3n) is 3.97. The molecule has 1 fully saturated rings. The SMILES string of the molecule is CCOC(=O)[C@H](C[C@@H]1CCCO1)NC(=O)[C@@H](N)C(C)CC. The monoisotopic (exact) mass is 300 g/mol. The van der Waals surface area contributed by atoms with Crippen LogP contribution in [0.25, 0.3) is 0 Å². The lowest BCUT2D eigenvalue weighted by atomic mass is 9.98. The molecule has 0 radical (unpaired) electrons. The van der Waals surface area contributed by atoms with Crippen LogP contribution < -0.4 is 11.1 Å². The molecule has 1 amide bonds. The first-order valence-electron chi connectivity index (χ1n) is 7.83. The summed E-state index contributed by atoms with van der Waals surface area (Å²) in [6.45, 7) is 6.64. The van der Waals surface area contributed by atoms with Gasteiger partial charge in [0, 0.05) is 13.0 Å². The number of ether oxygens (including phenoxy) is 2. The molecular weight excluding hydrogens is 272 g/mol.